The molecule has 0 aliphatic rings. The van der Waals surface area contributed by atoms with E-state index in [2.05, 4.69) is 12.1 Å². The highest BCUT2D eigenvalue weighted by molar-refractivity contribution is 5.29. The third kappa shape index (κ3) is 5.08. The Hall–Kier alpha value is -2.00. The summed E-state index contributed by atoms with van der Waals surface area (Å²) in [6.07, 6.45) is 2.02. The van der Waals surface area contributed by atoms with Gasteiger partial charge in [-0.3, -0.25) is 0 Å². The van der Waals surface area contributed by atoms with E-state index >= 15 is 0 Å². The number of nitrogens with two attached hydrogens (primary N) is 1. The van der Waals surface area contributed by atoms with Crippen molar-refractivity contribution in [2.75, 3.05) is 19.8 Å². The second kappa shape index (κ2) is 9.11. The average Bonchev–Trinajstić information content (AvgIpc) is 2.57. The lowest BCUT2D eigenvalue weighted by Gasteiger charge is -2.16. The zero-order chi connectivity index (χ0) is 15.6. The topological polar surface area (TPSA) is 44.5 Å². The molecule has 0 spiro atoms. The lowest BCUT2D eigenvalue weighted by Crippen LogP contribution is -2.13. The van der Waals surface area contributed by atoms with Crippen LogP contribution in [-0.4, -0.2) is 19.8 Å². The predicted molar refractivity (Wildman–Crippen MR) is 90.6 cm³/mol. The lowest BCUT2D eigenvalue weighted by molar-refractivity contribution is 0.301. The minimum absolute atomic E-state index is 0.370. The molecule has 0 bridgehead atoms. The van der Waals surface area contributed by atoms with Crippen LogP contribution < -0.4 is 15.2 Å². The van der Waals surface area contributed by atoms with Crippen LogP contribution in [0.5, 0.6) is 11.5 Å². The first kappa shape index (κ1) is 16.4. The highest BCUT2D eigenvalue weighted by Crippen LogP contribution is 2.23. The molecule has 0 saturated heterocycles. The van der Waals surface area contributed by atoms with Crippen LogP contribution in [0.4, 0.5) is 0 Å². The SMILES string of the molecule is CCOc1ccc(C(CN)CCCOc2ccccc2)cc1. The molecule has 2 aromatic rings. The van der Waals surface area contributed by atoms with Crippen LogP contribution in [0.25, 0.3) is 0 Å². The van der Waals surface area contributed by atoms with Crippen molar-refractivity contribution >= 4 is 0 Å². The molecule has 0 saturated carbocycles. The molecule has 0 aromatic heterocycles. The molecule has 0 amide bonds. The molecule has 0 heterocycles. The van der Waals surface area contributed by atoms with E-state index in [1.165, 1.54) is 5.56 Å². The fraction of sp³-hybridized carbons (Fsp3) is 0.368. The maximum absolute atomic E-state index is 5.92. The summed E-state index contributed by atoms with van der Waals surface area (Å²) in [5, 5.41) is 0. The van der Waals surface area contributed by atoms with Gasteiger partial charge in [0.1, 0.15) is 11.5 Å². The van der Waals surface area contributed by atoms with Gasteiger partial charge in [-0.1, -0.05) is 30.3 Å². The molecule has 0 aliphatic heterocycles. The van der Waals surface area contributed by atoms with Gasteiger partial charge in [0.05, 0.1) is 13.2 Å². The summed E-state index contributed by atoms with van der Waals surface area (Å²) in [6.45, 7) is 4.05. The third-order valence-electron chi connectivity index (χ3n) is 3.66. The van der Waals surface area contributed by atoms with Crippen LogP contribution in [0, 0.1) is 0 Å². The Balaban J connectivity index is 1.79. The van der Waals surface area contributed by atoms with Crippen molar-refractivity contribution in [2.24, 2.45) is 5.73 Å². The van der Waals surface area contributed by atoms with Gasteiger partial charge < -0.3 is 15.2 Å². The van der Waals surface area contributed by atoms with Gasteiger partial charge in [0.25, 0.3) is 0 Å². The fourth-order valence-electron chi connectivity index (χ4n) is 2.46. The van der Waals surface area contributed by atoms with Crippen molar-refractivity contribution in [3.05, 3.63) is 60.2 Å². The number of ether oxygens (including phenoxy) is 2. The molecule has 118 valence electrons. The van der Waals surface area contributed by atoms with Gasteiger partial charge in [0, 0.05) is 0 Å². The van der Waals surface area contributed by atoms with E-state index in [0.717, 1.165) is 30.9 Å². The molecule has 0 aliphatic carbocycles. The van der Waals surface area contributed by atoms with Crippen molar-refractivity contribution in [1.29, 1.82) is 0 Å². The van der Waals surface area contributed by atoms with Gasteiger partial charge in [-0.05, 0) is 62.1 Å². The maximum Gasteiger partial charge on any atom is 0.119 e. The fourth-order valence-corrected chi connectivity index (χ4v) is 2.46. The van der Waals surface area contributed by atoms with Crippen molar-refractivity contribution in [2.45, 2.75) is 25.7 Å². The zero-order valence-corrected chi connectivity index (χ0v) is 13.2. The van der Waals surface area contributed by atoms with Crippen molar-refractivity contribution in [3.63, 3.8) is 0 Å². The summed E-state index contributed by atoms with van der Waals surface area (Å²) < 4.78 is 11.2. The van der Waals surface area contributed by atoms with Crippen LogP contribution in [-0.2, 0) is 0 Å². The third-order valence-corrected chi connectivity index (χ3v) is 3.66. The Morgan fingerprint density at radius 2 is 1.59 bits per heavy atom. The summed E-state index contributed by atoms with van der Waals surface area (Å²) in [5.74, 6) is 2.21. The Labute approximate surface area is 133 Å². The number of rotatable bonds is 9. The first-order chi connectivity index (χ1) is 10.8. The number of hydrogen-bond donors (Lipinski definition) is 1. The molecule has 2 N–H and O–H groups in total. The Kier molecular flexibility index (Phi) is 6.78. The smallest absolute Gasteiger partial charge is 0.119 e. The second-order valence-electron chi connectivity index (χ2n) is 5.24. The van der Waals surface area contributed by atoms with Gasteiger partial charge in [0.15, 0.2) is 0 Å². The molecule has 2 rings (SSSR count). The Morgan fingerprint density at radius 1 is 0.909 bits per heavy atom. The van der Waals surface area contributed by atoms with Gasteiger partial charge in [-0.25, -0.2) is 0 Å². The van der Waals surface area contributed by atoms with Gasteiger partial charge in [-0.15, -0.1) is 0 Å². The highest BCUT2D eigenvalue weighted by atomic mass is 16.5. The zero-order valence-electron chi connectivity index (χ0n) is 13.2. The average molecular weight is 299 g/mol. The molecule has 3 heteroatoms. The lowest BCUT2D eigenvalue weighted by atomic mass is 9.94. The number of benzene rings is 2. The predicted octanol–water partition coefficient (Wildman–Crippen LogP) is 3.99. The van der Waals surface area contributed by atoms with Gasteiger partial charge >= 0.3 is 0 Å². The monoisotopic (exact) mass is 299 g/mol. The van der Waals surface area contributed by atoms with Gasteiger partial charge in [0.2, 0.25) is 0 Å². The highest BCUT2D eigenvalue weighted by Gasteiger charge is 2.09. The molecule has 0 radical (unpaired) electrons. The Bertz CT molecular complexity index is 525. The van der Waals surface area contributed by atoms with E-state index in [0.29, 0.717) is 19.1 Å². The first-order valence-electron chi connectivity index (χ1n) is 7.94. The van der Waals surface area contributed by atoms with Crippen LogP contribution in [0.15, 0.2) is 54.6 Å². The minimum Gasteiger partial charge on any atom is -0.494 e. The Morgan fingerprint density at radius 3 is 2.23 bits per heavy atom. The van der Waals surface area contributed by atoms with Gasteiger partial charge in [-0.2, -0.15) is 0 Å². The standard InChI is InChI=1S/C19H25NO2/c1-2-21-19-12-10-16(11-13-19)17(15-20)7-6-14-22-18-8-4-3-5-9-18/h3-5,8-13,17H,2,6-7,14-15,20H2,1H3. The van der Waals surface area contributed by atoms with E-state index in [4.69, 9.17) is 15.2 Å². The summed E-state index contributed by atoms with van der Waals surface area (Å²) in [4.78, 5) is 0. The van der Waals surface area contributed by atoms with E-state index in [-0.39, 0.29) is 0 Å². The quantitative estimate of drug-likeness (QED) is 0.712. The summed E-state index contributed by atoms with van der Waals surface area (Å²) >= 11 is 0. The van der Waals surface area contributed by atoms with E-state index in [1.54, 1.807) is 0 Å². The molecule has 1 unspecified atom stereocenters. The molecule has 22 heavy (non-hydrogen) atoms. The van der Waals surface area contributed by atoms with Crippen molar-refractivity contribution in [3.8, 4) is 11.5 Å². The second-order valence-corrected chi connectivity index (χ2v) is 5.24. The van der Waals surface area contributed by atoms with Crippen molar-refractivity contribution in [1.82, 2.24) is 0 Å². The van der Waals surface area contributed by atoms with Crippen LogP contribution >= 0.6 is 0 Å². The minimum atomic E-state index is 0.370. The molecule has 0 fully saturated rings. The normalized spacial score (nSPS) is 11.9. The molecular weight excluding hydrogens is 274 g/mol. The van der Waals surface area contributed by atoms with E-state index in [9.17, 15) is 0 Å². The summed E-state index contributed by atoms with van der Waals surface area (Å²) in [6, 6.07) is 18.2. The van der Waals surface area contributed by atoms with Crippen LogP contribution in [0.1, 0.15) is 31.2 Å². The number of hydrogen-bond acceptors (Lipinski definition) is 3. The van der Waals surface area contributed by atoms with E-state index in [1.807, 2.05) is 49.4 Å². The summed E-state index contributed by atoms with van der Waals surface area (Å²) in [5.41, 5.74) is 7.19. The van der Waals surface area contributed by atoms with Crippen LogP contribution in [0.3, 0.4) is 0 Å². The maximum atomic E-state index is 5.92. The molecular formula is C19H25NO2. The number of para-hydroxylation sites is 1. The van der Waals surface area contributed by atoms with Crippen LogP contribution in [0.2, 0.25) is 0 Å². The summed E-state index contributed by atoms with van der Waals surface area (Å²) in [7, 11) is 0. The largest absolute Gasteiger partial charge is 0.494 e. The first-order valence-corrected chi connectivity index (χ1v) is 7.94. The van der Waals surface area contributed by atoms with E-state index < -0.39 is 0 Å². The molecule has 3 nitrogen and oxygen atoms in total. The molecule has 1 atom stereocenters. The molecule has 2 aromatic carbocycles. The van der Waals surface area contributed by atoms with Crippen molar-refractivity contribution < 1.29 is 9.47 Å².